The van der Waals surface area contributed by atoms with Gasteiger partial charge >= 0.3 is 0 Å². The van der Waals surface area contributed by atoms with Crippen LogP contribution in [0.15, 0.2) is 60.9 Å². The van der Waals surface area contributed by atoms with Gasteiger partial charge in [-0.05, 0) is 29.1 Å². The number of benzene rings is 2. The molecule has 0 fully saturated rings. The van der Waals surface area contributed by atoms with Gasteiger partial charge in [0.15, 0.2) is 0 Å². The molecule has 0 spiro atoms. The van der Waals surface area contributed by atoms with Crippen molar-refractivity contribution in [1.82, 2.24) is 4.98 Å². The van der Waals surface area contributed by atoms with E-state index in [9.17, 15) is 0 Å². The summed E-state index contributed by atoms with van der Waals surface area (Å²) in [7, 11) is 0. The molecule has 0 unspecified atom stereocenters. The maximum Gasteiger partial charge on any atom is 0.101 e. The molecule has 0 aliphatic carbocycles. The van der Waals surface area contributed by atoms with E-state index in [1.807, 2.05) is 42.6 Å². The van der Waals surface area contributed by atoms with E-state index in [1.165, 1.54) is 10.9 Å². The van der Waals surface area contributed by atoms with E-state index in [0.717, 1.165) is 11.1 Å². The van der Waals surface area contributed by atoms with E-state index in [0.29, 0.717) is 12.1 Å². The maximum atomic E-state index is 9.09. The van der Waals surface area contributed by atoms with Crippen molar-refractivity contribution in [3.05, 3.63) is 72.1 Å². The molecule has 96 valence electrons. The van der Waals surface area contributed by atoms with Crippen LogP contribution in [0, 0.1) is 11.3 Å². The van der Waals surface area contributed by atoms with Crippen LogP contribution < -0.4 is 5.32 Å². The summed E-state index contributed by atoms with van der Waals surface area (Å²) in [6, 6.07) is 17.9. The van der Waals surface area contributed by atoms with Gasteiger partial charge in [0, 0.05) is 24.3 Å². The SMILES string of the molecule is N#Cc1ccccc1NCc1cccc2cnccc12. The Hall–Kier alpha value is -2.86. The van der Waals surface area contributed by atoms with E-state index in [2.05, 4.69) is 28.5 Å². The largest absolute Gasteiger partial charge is 0.380 e. The number of nitrogens with one attached hydrogen (secondary N) is 1. The van der Waals surface area contributed by atoms with Crippen LogP contribution >= 0.6 is 0 Å². The number of para-hydroxylation sites is 1. The molecule has 0 aliphatic heterocycles. The number of pyridine rings is 1. The average Bonchev–Trinajstić information content (AvgIpc) is 2.53. The van der Waals surface area contributed by atoms with Crippen LogP contribution in [0.4, 0.5) is 5.69 Å². The highest BCUT2D eigenvalue weighted by Gasteiger charge is 2.03. The number of anilines is 1. The minimum Gasteiger partial charge on any atom is -0.380 e. The number of nitriles is 1. The molecule has 3 nitrogen and oxygen atoms in total. The third kappa shape index (κ3) is 2.32. The quantitative estimate of drug-likeness (QED) is 0.779. The van der Waals surface area contributed by atoms with Gasteiger partial charge < -0.3 is 5.32 Å². The fraction of sp³-hybridized carbons (Fsp3) is 0.0588. The zero-order valence-corrected chi connectivity index (χ0v) is 10.9. The highest BCUT2D eigenvalue weighted by atomic mass is 14.9. The molecule has 0 saturated heterocycles. The molecule has 3 heteroatoms. The molecular formula is C17H13N3. The second kappa shape index (κ2) is 5.41. The highest BCUT2D eigenvalue weighted by molar-refractivity contribution is 5.85. The smallest absolute Gasteiger partial charge is 0.101 e. The molecule has 1 N–H and O–H groups in total. The second-order valence-corrected chi connectivity index (χ2v) is 4.52. The average molecular weight is 259 g/mol. The first-order valence-corrected chi connectivity index (χ1v) is 6.43. The molecule has 2 aromatic carbocycles. The number of hydrogen-bond acceptors (Lipinski definition) is 3. The van der Waals surface area contributed by atoms with Crippen molar-refractivity contribution in [1.29, 1.82) is 5.26 Å². The van der Waals surface area contributed by atoms with E-state index in [4.69, 9.17) is 5.26 Å². The van der Waals surface area contributed by atoms with Crippen molar-refractivity contribution in [2.45, 2.75) is 6.54 Å². The number of aromatic nitrogens is 1. The second-order valence-electron chi connectivity index (χ2n) is 4.52. The minimum absolute atomic E-state index is 0.661. The molecule has 1 aromatic heterocycles. The molecule has 1 heterocycles. The Kier molecular flexibility index (Phi) is 3.30. The summed E-state index contributed by atoms with van der Waals surface area (Å²) < 4.78 is 0. The fourth-order valence-electron chi connectivity index (χ4n) is 2.27. The lowest BCUT2D eigenvalue weighted by molar-refractivity contribution is 1.16. The van der Waals surface area contributed by atoms with Gasteiger partial charge in [-0.2, -0.15) is 5.26 Å². The molecule has 0 atom stereocenters. The Morgan fingerprint density at radius 3 is 2.85 bits per heavy atom. The van der Waals surface area contributed by atoms with Crippen LogP contribution in [-0.4, -0.2) is 4.98 Å². The molecule has 3 aromatic rings. The Morgan fingerprint density at radius 1 is 1.05 bits per heavy atom. The zero-order valence-electron chi connectivity index (χ0n) is 10.9. The van der Waals surface area contributed by atoms with Crippen molar-refractivity contribution in [2.24, 2.45) is 0 Å². The first-order valence-electron chi connectivity index (χ1n) is 6.43. The summed E-state index contributed by atoms with van der Waals surface area (Å²) in [5.74, 6) is 0. The standard InChI is InChI=1S/C17H13N3/c18-10-13-4-1-2-7-17(13)20-12-15-6-3-5-14-11-19-9-8-16(14)15/h1-9,11,20H,12H2. The molecule has 0 bridgehead atoms. The third-order valence-electron chi connectivity index (χ3n) is 3.29. The predicted octanol–water partition coefficient (Wildman–Crippen LogP) is 3.72. The van der Waals surface area contributed by atoms with E-state index < -0.39 is 0 Å². The van der Waals surface area contributed by atoms with Crippen molar-refractivity contribution < 1.29 is 0 Å². The number of hydrogen-bond donors (Lipinski definition) is 1. The van der Waals surface area contributed by atoms with Gasteiger partial charge in [-0.25, -0.2) is 0 Å². The first-order chi connectivity index (χ1) is 9.88. The van der Waals surface area contributed by atoms with Gasteiger partial charge in [-0.15, -0.1) is 0 Å². The van der Waals surface area contributed by atoms with Gasteiger partial charge in [0.2, 0.25) is 0 Å². The molecule has 0 saturated carbocycles. The first kappa shape index (κ1) is 12.2. The lowest BCUT2D eigenvalue weighted by Gasteiger charge is -2.10. The third-order valence-corrected chi connectivity index (χ3v) is 3.29. The summed E-state index contributed by atoms with van der Waals surface area (Å²) in [5.41, 5.74) is 2.72. The molecule has 20 heavy (non-hydrogen) atoms. The van der Waals surface area contributed by atoms with Crippen LogP contribution in [0.1, 0.15) is 11.1 Å². The van der Waals surface area contributed by atoms with Crippen molar-refractivity contribution in [2.75, 3.05) is 5.32 Å². The van der Waals surface area contributed by atoms with Gasteiger partial charge in [-0.1, -0.05) is 30.3 Å². The predicted molar refractivity (Wildman–Crippen MR) is 80.2 cm³/mol. The minimum atomic E-state index is 0.661. The van der Waals surface area contributed by atoms with E-state index in [1.54, 1.807) is 6.20 Å². The van der Waals surface area contributed by atoms with Crippen LogP contribution in [0.25, 0.3) is 10.8 Å². The van der Waals surface area contributed by atoms with Crippen molar-refractivity contribution >= 4 is 16.5 Å². The van der Waals surface area contributed by atoms with Gasteiger partial charge in [0.25, 0.3) is 0 Å². The summed E-state index contributed by atoms with van der Waals surface area (Å²) in [5, 5.41) is 14.7. The van der Waals surface area contributed by atoms with Crippen LogP contribution in [0.2, 0.25) is 0 Å². The van der Waals surface area contributed by atoms with Crippen LogP contribution in [-0.2, 0) is 6.54 Å². The monoisotopic (exact) mass is 259 g/mol. The fourth-order valence-corrected chi connectivity index (χ4v) is 2.27. The van der Waals surface area contributed by atoms with E-state index >= 15 is 0 Å². The zero-order chi connectivity index (χ0) is 13.8. The summed E-state index contributed by atoms with van der Waals surface area (Å²) in [6.45, 7) is 0.681. The van der Waals surface area contributed by atoms with Crippen molar-refractivity contribution in [3.8, 4) is 6.07 Å². The molecule has 0 amide bonds. The van der Waals surface area contributed by atoms with Crippen molar-refractivity contribution in [3.63, 3.8) is 0 Å². The van der Waals surface area contributed by atoms with Gasteiger partial charge in [0.05, 0.1) is 11.3 Å². The lowest BCUT2D eigenvalue weighted by Crippen LogP contribution is -2.01. The molecule has 0 aliphatic rings. The lowest BCUT2D eigenvalue weighted by atomic mass is 10.1. The number of fused-ring (bicyclic) bond motifs is 1. The summed E-state index contributed by atoms with van der Waals surface area (Å²) in [4.78, 5) is 4.14. The molecule has 0 radical (unpaired) electrons. The number of nitrogens with zero attached hydrogens (tertiary/aromatic N) is 2. The molecular weight excluding hydrogens is 246 g/mol. The maximum absolute atomic E-state index is 9.09. The van der Waals surface area contributed by atoms with Crippen LogP contribution in [0.5, 0.6) is 0 Å². The molecule has 3 rings (SSSR count). The Balaban J connectivity index is 1.89. The van der Waals surface area contributed by atoms with Gasteiger partial charge in [-0.3, -0.25) is 4.98 Å². The summed E-state index contributed by atoms with van der Waals surface area (Å²) in [6.07, 6.45) is 3.66. The normalized spacial score (nSPS) is 10.2. The van der Waals surface area contributed by atoms with Crippen LogP contribution in [0.3, 0.4) is 0 Å². The number of rotatable bonds is 3. The topological polar surface area (TPSA) is 48.7 Å². The Morgan fingerprint density at radius 2 is 1.95 bits per heavy atom. The Labute approximate surface area is 117 Å². The van der Waals surface area contributed by atoms with Gasteiger partial charge in [0.1, 0.15) is 6.07 Å². The summed E-state index contributed by atoms with van der Waals surface area (Å²) >= 11 is 0. The van der Waals surface area contributed by atoms with E-state index in [-0.39, 0.29) is 0 Å². The highest BCUT2D eigenvalue weighted by Crippen LogP contribution is 2.20. The Bertz CT molecular complexity index is 782.